The highest BCUT2D eigenvalue weighted by molar-refractivity contribution is 7.98. The maximum absolute atomic E-state index is 13.4. The number of nitrogens with one attached hydrogen (secondary N) is 5. The lowest BCUT2D eigenvalue weighted by atomic mass is 10.1. The lowest BCUT2D eigenvalue weighted by molar-refractivity contribution is -0.142. The Morgan fingerprint density at radius 3 is 1.90 bits per heavy atom. The largest absolute Gasteiger partial charge is 0.480 e. The van der Waals surface area contributed by atoms with Gasteiger partial charge in [-0.25, -0.2) is 14.8 Å². The Bertz CT molecular complexity index is 1110. The van der Waals surface area contributed by atoms with Gasteiger partial charge < -0.3 is 48.2 Å². The van der Waals surface area contributed by atoms with Crippen molar-refractivity contribution in [2.75, 3.05) is 18.6 Å². The zero-order valence-corrected chi connectivity index (χ0v) is 22.9. The minimum absolute atomic E-state index is 0.0180. The van der Waals surface area contributed by atoms with Crippen LogP contribution in [-0.2, 0) is 32.0 Å². The summed E-state index contributed by atoms with van der Waals surface area (Å²) in [5.74, 6) is -2.64. The third-order valence-corrected chi connectivity index (χ3v) is 6.40. The van der Waals surface area contributed by atoms with E-state index in [0.29, 0.717) is 30.0 Å². The molecule has 0 aromatic carbocycles. The Balaban J connectivity index is 2.19. The standard InChI is InChI=1S/C23H37N11O5S/c1-40-6-4-15(24)19(35)33-17(7-13-9-27-11-30-13)21(37)34-18(8-14-10-28-12-31-14)20(36)32-16(22(38)39)3-2-5-29-23(25)26/h9-12,15-18H,2-8,24H2,1H3,(H,27,30)(H,28,31)(H,32,36)(H,33,35)(H,34,37)(H,38,39)(H4,25,26,29). The number of rotatable bonds is 18. The number of aromatic nitrogens is 4. The lowest BCUT2D eigenvalue weighted by Gasteiger charge is -2.25. The molecule has 12 N–H and O–H groups in total. The SMILES string of the molecule is CSCCC(N)C(=O)NC(Cc1cnc[nH]1)C(=O)NC(Cc1cnc[nH]1)C(=O)NC(CCCN=C(N)N)C(=O)O. The van der Waals surface area contributed by atoms with Gasteiger partial charge in [-0.05, 0) is 31.3 Å². The van der Waals surface area contributed by atoms with Crippen molar-refractivity contribution in [2.24, 2.45) is 22.2 Å². The van der Waals surface area contributed by atoms with E-state index < -0.39 is 47.9 Å². The predicted octanol–water partition coefficient (Wildman–Crippen LogP) is -2.41. The monoisotopic (exact) mass is 579 g/mol. The first-order valence-corrected chi connectivity index (χ1v) is 13.9. The van der Waals surface area contributed by atoms with Crippen molar-refractivity contribution < 1.29 is 24.3 Å². The van der Waals surface area contributed by atoms with Crippen LogP contribution in [0.3, 0.4) is 0 Å². The zero-order valence-electron chi connectivity index (χ0n) is 22.1. The summed E-state index contributed by atoms with van der Waals surface area (Å²) in [5.41, 5.74) is 17.7. The van der Waals surface area contributed by atoms with Crippen molar-refractivity contribution in [2.45, 2.75) is 56.3 Å². The van der Waals surface area contributed by atoms with E-state index >= 15 is 0 Å². The number of imidazole rings is 2. The third-order valence-electron chi connectivity index (χ3n) is 5.75. The van der Waals surface area contributed by atoms with E-state index in [1.807, 2.05) is 6.26 Å². The van der Waals surface area contributed by atoms with Crippen LogP contribution in [0.15, 0.2) is 30.0 Å². The van der Waals surface area contributed by atoms with Crippen LogP contribution in [0.25, 0.3) is 0 Å². The quantitative estimate of drug-likeness (QED) is 0.0509. The number of guanidine groups is 1. The van der Waals surface area contributed by atoms with Crippen LogP contribution in [0.4, 0.5) is 0 Å². The maximum Gasteiger partial charge on any atom is 0.326 e. The van der Waals surface area contributed by atoms with Crippen molar-refractivity contribution in [1.82, 2.24) is 35.9 Å². The first-order chi connectivity index (χ1) is 19.1. The van der Waals surface area contributed by atoms with Crippen LogP contribution in [0, 0.1) is 0 Å². The van der Waals surface area contributed by atoms with Crippen molar-refractivity contribution in [3.63, 3.8) is 0 Å². The number of nitrogens with zero attached hydrogens (tertiary/aromatic N) is 3. The molecular weight excluding hydrogens is 542 g/mol. The number of H-pyrrole nitrogens is 2. The number of carboxylic acids is 1. The highest BCUT2D eigenvalue weighted by atomic mass is 32.2. The summed E-state index contributed by atoms with van der Waals surface area (Å²) in [6.45, 7) is 0.185. The molecule has 0 bridgehead atoms. The first-order valence-electron chi connectivity index (χ1n) is 12.5. The molecule has 2 heterocycles. The number of hydrogen-bond acceptors (Lipinski definition) is 9. The fourth-order valence-corrected chi connectivity index (χ4v) is 4.10. The van der Waals surface area contributed by atoms with Crippen LogP contribution in [-0.4, -0.2) is 97.4 Å². The molecule has 0 saturated carbocycles. The summed E-state index contributed by atoms with van der Waals surface area (Å²) in [7, 11) is 0. The fourth-order valence-electron chi connectivity index (χ4n) is 3.61. The van der Waals surface area contributed by atoms with E-state index in [4.69, 9.17) is 17.2 Å². The van der Waals surface area contributed by atoms with E-state index in [-0.39, 0.29) is 31.8 Å². The molecule has 0 radical (unpaired) electrons. The van der Waals surface area contributed by atoms with Crippen LogP contribution in [0.2, 0.25) is 0 Å². The van der Waals surface area contributed by atoms with Gasteiger partial charge in [0.25, 0.3) is 0 Å². The molecule has 17 heteroatoms. The van der Waals surface area contributed by atoms with Gasteiger partial charge in [-0.1, -0.05) is 0 Å². The number of aliphatic carboxylic acids is 1. The molecule has 0 saturated heterocycles. The molecule has 0 aliphatic rings. The Kier molecular flexibility index (Phi) is 13.4. The van der Waals surface area contributed by atoms with Gasteiger partial charge in [0.15, 0.2) is 5.96 Å². The minimum atomic E-state index is -1.26. The van der Waals surface area contributed by atoms with Gasteiger partial charge in [0, 0.05) is 43.2 Å². The van der Waals surface area contributed by atoms with Crippen molar-refractivity contribution in [3.05, 3.63) is 36.4 Å². The molecule has 0 fully saturated rings. The number of hydrogen-bond donors (Lipinski definition) is 9. The average molecular weight is 580 g/mol. The average Bonchev–Trinajstić information content (AvgIpc) is 3.62. The fraction of sp³-hybridized carbons (Fsp3) is 0.522. The Hall–Kier alpha value is -4.12. The summed E-state index contributed by atoms with van der Waals surface area (Å²) in [4.78, 5) is 68.6. The molecule has 220 valence electrons. The molecule has 4 atom stereocenters. The van der Waals surface area contributed by atoms with Gasteiger partial charge in [0.05, 0.1) is 18.7 Å². The van der Waals surface area contributed by atoms with Crippen LogP contribution >= 0.6 is 11.8 Å². The molecule has 2 rings (SSSR count). The first kappa shape index (κ1) is 32.1. The highest BCUT2D eigenvalue weighted by Crippen LogP contribution is 2.06. The van der Waals surface area contributed by atoms with Crippen LogP contribution < -0.4 is 33.2 Å². The Labute approximate surface area is 235 Å². The smallest absolute Gasteiger partial charge is 0.326 e. The van der Waals surface area contributed by atoms with E-state index in [1.54, 1.807) is 0 Å². The number of carbonyl (C=O) groups excluding carboxylic acids is 3. The van der Waals surface area contributed by atoms with Crippen LogP contribution in [0.5, 0.6) is 0 Å². The van der Waals surface area contributed by atoms with Gasteiger partial charge in [0.1, 0.15) is 18.1 Å². The Morgan fingerprint density at radius 2 is 1.45 bits per heavy atom. The Morgan fingerprint density at radius 1 is 0.925 bits per heavy atom. The molecule has 4 unspecified atom stereocenters. The topological polar surface area (TPSA) is 272 Å². The molecule has 40 heavy (non-hydrogen) atoms. The minimum Gasteiger partial charge on any atom is -0.480 e. The van der Waals surface area contributed by atoms with Crippen molar-refractivity contribution in [3.8, 4) is 0 Å². The second kappa shape index (κ2) is 16.8. The number of carboxylic acid groups (broad SMARTS) is 1. The zero-order chi connectivity index (χ0) is 29.5. The number of thioether (sulfide) groups is 1. The van der Waals surface area contributed by atoms with E-state index in [9.17, 15) is 24.3 Å². The number of aliphatic imine (C=N–C) groups is 1. The number of nitrogens with two attached hydrogens (primary N) is 3. The van der Waals surface area contributed by atoms with Crippen LogP contribution in [0.1, 0.15) is 30.7 Å². The number of aromatic amines is 2. The lowest BCUT2D eigenvalue weighted by Crippen LogP contribution is -2.58. The normalized spacial score (nSPS) is 13.8. The summed E-state index contributed by atoms with van der Waals surface area (Å²) in [6.07, 6.45) is 8.51. The summed E-state index contributed by atoms with van der Waals surface area (Å²) in [5, 5.41) is 17.4. The number of carbonyl (C=O) groups is 4. The van der Waals surface area contributed by atoms with Gasteiger partial charge in [-0.2, -0.15) is 11.8 Å². The summed E-state index contributed by atoms with van der Waals surface area (Å²) >= 11 is 1.54. The van der Waals surface area contributed by atoms with Crippen molar-refractivity contribution in [1.29, 1.82) is 0 Å². The predicted molar refractivity (Wildman–Crippen MR) is 149 cm³/mol. The van der Waals surface area contributed by atoms with E-state index in [1.165, 1.54) is 36.8 Å². The van der Waals surface area contributed by atoms with Gasteiger partial charge in [-0.15, -0.1) is 0 Å². The van der Waals surface area contributed by atoms with Gasteiger partial charge in [-0.3, -0.25) is 19.4 Å². The summed E-state index contributed by atoms with van der Waals surface area (Å²) in [6, 6.07) is -4.37. The van der Waals surface area contributed by atoms with Crippen molar-refractivity contribution >= 4 is 41.4 Å². The van der Waals surface area contributed by atoms with E-state index in [0.717, 1.165) is 0 Å². The molecule has 0 spiro atoms. The molecule has 0 aliphatic heterocycles. The van der Waals surface area contributed by atoms with E-state index in [2.05, 4.69) is 40.9 Å². The molecule has 0 aliphatic carbocycles. The molecule has 3 amide bonds. The summed E-state index contributed by atoms with van der Waals surface area (Å²) < 4.78 is 0. The van der Waals surface area contributed by atoms with Gasteiger partial charge >= 0.3 is 5.97 Å². The maximum atomic E-state index is 13.4. The molecule has 16 nitrogen and oxygen atoms in total. The third kappa shape index (κ3) is 11.3. The second-order valence-corrected chi connectivity index (χ2v) is 9.91. The molecule has 2 aromatic rings. The van der Waals surface area contributed by atoms with Gasteiger partial charge in [0.2, 0.25) is 17.7 Å². The second-order valence-electron chi connectivity index (χ2n) is 8.92. The molecular formula is C23H37N11O5S. The highest BCUT2D eigenvalue weighted by Gasteiger charge is 2.31. The number of amides is 3. The molecule has 2 aromatic heterocycles.